The molecule has 0 radical (unpaired) electrons. The van der Waals surface area contributed by atoms with E-state index in [0.29, 0.717) is 9.50 Å². The third-order valence-corrected chi connectivity index (χ3v) is 5.10. The maximum atomic E-state index is 12.4. The highest BCUT2D eigenvalue weighted by atomic mass is 79.9. The van der Waals surface area contributed by atoms with Gasteiger partial charge >= 0.3 is 5.97 Å². The number of para-hydroxylation sites is 1. The van der Waals surface area contributed by atoms with Crippen LogP contribution in [0.3, 0.4) is 0 Å². The zero-order valence-corrected chi connectivity index (χ0v) is 16.2. The van der Waals surface area contributed by atoms with Crippen LogP contribution in [0.1, 0.15) is 23.0 Å². The molecule has 1 heterocycles. The summed E-state index contributed by atoms with van der Waals surface area (Å²) in [7, 11) is 0. The van der Waals surface area contributed by atoms with E-state index in [1.54, 1.807) is 6.07 Å². The molecule has 0 saturated heterocycles. The predicted molar refractivity (Wildman–Crippen MR) is 104 cm³/mol. The van der Waals surface area contributed by atoms with Crippen LogP contribution in [0.4, 0.5) is 0 Å². The van der Waals surface area contributed by atoms with Crippen LogP contribution in [0.5, 0.6) is 0 Å². The molecule has 0 fully saturated rings. The Balaban J connectivity index is 1.64. The number of halogens is 2. The minimum Gasteiger partial charge on any atom is -0.448 e. The van der Waals surface area contributed by atoms with Gasteiger partial charge in [-0.2, -0.15) is 0 Å². The summed E-state index contributed by atoms with van der Waals surface area (Å²) in [6.45, 7) is 1.78. The number of hydrogen-bond acceptors (Lipinski definition) is 3. The lowest BCUT2D eigenvalue weighted by Crippen LogP contribution is -2.35. The summed E-state index contributed by atoms with van der Waals surface area (Å²) >= 11 is 9.46. The highest BCUT2D eigenvalue weighted by molar-refractivity contribution is 9.10. The minimum atomic E-state index is -0.941. The van der Waals surface area contributed by atoms with Crippen LogP contribution in [0.25, 0.3) is 10.9 Å². The fourth-order valence-electron chi connectivity index (χ4n) is 2.49. The number of hydrogen-bond donors (Lipinski definition) is 2. The molecule has 0 aliphatic rings. The number of carbonyl (C=O) groups is 2. The Labute approximate surface area is 163 Å². The molecule has 5 nitrogen and oxygen atoms in total. The molecule has 0 saturated carbocycles. The largest absolute Gasteiger partial charge is 0.448 e. The third-order valence-electron chi connectivity index (χ3n) is 3.91. The van der Waals surface area contributed by atoms with Gasteiger partial charge in [-0.05, 0) is 40.5 Å². The number of fused-ring (bicyclic) bond motifs is 1. The topological polar surface area (TPSA) is 71.2 Å². The highest BCUT2D eigenvalue weighted by Crippen LogP contribution is 2.28. The molecular formula is C19H16BrClN2O3. The molecule has 3 aromatic rings. The first-order valence-corrected chi connectivity index (χ1v) is 9.12. The molecule has 0 aliphatic carbocycles. The van der Waals surface area contributed by atoms with Crippen LogP contribution >= 0.6 is 27.5 Å². The smallest absolute Gasteiger partial charge is 0.356 e. The Kier molecular flexibility index (Phi) is 5.64. The van der Waals surface area contributed by atoms with Crippen molar-refractivity contribution in [2.24, 2.45) is 0 Å². The van der Waals surface area contributed by atoms with Crippen LogP contribution < -0.4 is 5.32 Å². The number of aromatic amines is 1. The van der Waals surface area contributed by atoms with Crippen molar-refractivity contribution in [2.45, 2.75) is 19.6 Å². The SMILES string of the molecule is CC(OC(=O)c1[nH]c2ccccc2c1Br)C(=O)NCc1ccccc1Cl. The van der Waals surface area contributed by atoms with Crippen LogP contribution in [0, 0.1) is 0 Å². The number of aromatic nitrogens is 1. The van der Waals surface area contributed by atoms with Gasteiger partial charge in [-0.25, -0.2) is 4.79 Å². The molecule has 26 heavy (non-hydrogen) atoms. The van der Waals surface area contributed by atoms with Crippen LogP contribution in [-0.4, -0.2) is 23.0 Å². The molecule has 0 aliphatic heterocycles. The van der Waals surface area contributed by atoms with Gasteiger partial charge in [0.05, 0.1) is 4.47 Å². The average Bonchev–Trinajstić information content (AvgIpc) is 2.98. The third kappa shape index (κ3) is 3.92. The van der Waals surface area contributed by atoms with E-state index < -0.39 is 18.0 Å². The highest BCUT2D eigenvalue weighted by Gasteiger charge is 2.22. The Hall–Kier alpha value is -2.31. The summed E-state index contributed by atoms with van der Waals surface area (Å²) in [6, 6.07) is 14.7. The molecule has 2 aromatic carbocycles. The molecule has 1 aromatic heterocycles. The zero-order chi connectivity index (χ0) is 18.7. The summed E-state index contributed by atoms with van der Waals surface area (Å²) < 4.78 is 5.89. The van der Waals surface area contributed by atoms with E-state index in [0.717, 1.165) is 16.5 Å². The number of rotatable bonds is 5. The molecule has 3 rings (SSSR count). The normalized spacial score (nSPS) is 12.0. The van der Waals surface area contributed by atoms with E-state index in [9.17, 15) is 9.59 Å². The van der Waals surface area contributed by atoms with Crippen molar-refractivity contribution in [3.05, 3.63) is 69.3 Å². The number of esters is 1. The number of carbonyl (C=O) groups excluding carboxylic acids is 2. The van der Waals surface area contributed by atoms with Gasteiger partial charge in [0.15, 0.2) is 6.10 Å². The van der Waals surface area contributed by atoms with Crippen LogP contribution in [0.2, 0.25) is 5.02 Å². The summed E-state index contributed by atoms with van der Waals surface area (Å²) in [5.74, 6) is -1.00. The lowest BCUT2D eigenvalue weighted by molar-refractivity contribution is -0.129. The van der Waals surface area contributed by atoms with Gasteiger partial charge in [-0.1, -0.05) is 48.0 Å². The van der Waals surface area contributed by atoms with Crippen LogP contribution in [0.15, 0.2) is 53.0 Å². The van der Waals surface area contributed by atoms with Gasteiger partial charge in [-0.3, -0.25) is 4.79 Å². The molecule has 134 valence electrons. The first-order valence-electron chi connectivity index (χ1n) is 7.95. The van der Waals surface area contributed by atoms with Gasteiger partial charge in [0.25, 0.3) is 5.91 Å². The van der Waals surface area contributed by atoms with Crippen LogP contribution in [-0.2, 0) is 16.1 Å². The van der Waals surface area contributed by atoms with E-state index in [-0.39, 0.29) is 12.2 Å². The Bertz CT molecular complexity index is 970. The second kappa shape index (κ2) is 7.93. The number of benzene rings is 2. The maximum absolute atomic E-state index is 12.4. The van der Waals surface area contributed by atoms with Crippen molar-refractivity contribution in [1.29, 1.82) is 0 Å². The van der Waals surface area contributed by atoms with Crippen molar-refractivity contribution < 1.29 is 14.3 Å². The molecule has 1 atom stereocenters. The maximum Gasteiger partial charge on any atom is 0.356 e. The van der Waals surface area contributed by atoms with Crippen molar-refractivity contribution >= 4 is 50.3 Å². The molecule has 7 heteroatoms. The zero-order valence-electron chi connectivity index (χ0n) is 13.9. The second-order valence-corrected chi connectivity index (χ2v) is 6.92. The summed E-state index contributed by atoms with van der Waals surface area (Å²) in [5.41, 5.74) is 1.87. The van der Waals surface area contributed by atoms with Crippen molar-refractivity contribution in [1.82, 2.24) is 10.3 Å². The van der Waals surface area contributed by atoms with E-state index in [2.05, 4.69) is 26.2 Å². The number of nitrogens with one attached hydrogen (secondary N) is 2. The summed E-state index contributed by atoms with van der Waals surface area (Å²) in [5, 5.41) is 4.15. The van der Waals surface area contributed by atoms with Gasteiger partial charge in [0.2, 0.25) is 0 Å². The molecule has 2 N–H and O–H groups in total. The molecule has 0 spiro atoms. The number of amides is 1. The van der Waals surface area contributed by atoms with E-state index in [1.807, 2.05) is 42.5 Å². The van der Waals surface area contributed by atoms with E-state index in [1.165, 1.54) is 6.92 Å². The molecular weight excluding hydrogens is 420 g/mol. The van der Waals surface area contributed by atoms with E-state index >= 15 is 0 Å². The average molecular weight is 436 g/mol. The summed E-state index contributed by atoms with van der Waals surface area (Å²) in [4.78, 5) is 27.6. The lowest BCUT2D eigenvalue weighted by Gasteiger charge is -2.13. The molecule has 1 unspecified atom stereocenters. The molecule has 0 bridgehead atoms. The number of H-pyrrole nitrogens is 1. The first kappa shape index (κ1) is 18.5. The Morgan fingerprint density at radius 1 is 1.19 bits per heavy atom. The standard InChI is InChI=1S/C19H16BrClN2O3/c1-11(18(24)22-10-12-6-2-4-8-14(12)21)26-19(25)17-16(20)13-7-3-5-9-15(13)23-17/h2-9,11,23H,10H2,1H3,(H,22,24). The quantitative estimate of drug-likeness (QED) is 0.582. The summed E-state index contributed by atoms with van der Waals surface area (Å²) in [6.07, 6.45) is -0.941. The second-order valence-electron chi connectivity index (χ2n) is 5.72. The van der Waals surface area contributed by atoms with Gasteiger partial charge in [0, 0.05) is 22.5 Å². The minimum absolute atomic E-state index is 0.260. The lowest BCUT2D eigenvalue weighted by atomic mass is 10.2. The first-order chi connectivity index (χ1) is 12.5. The Morgan fingerprint density at radius 3 is 2.62 bits per heavy atom. The number of ether oxygens (including phenoxy) is 1. The van der Waals surface area contributed by atoms with Crippen molar-refractivity contribution in [3.63, 3.8) is 0 Å². The van der Waals surface area contributed by atoms with Gasteiger partial charge in [0.1, 0.15) is 5.69 Å². The fraction of sp³-hybridized carbons (Fsp3) is 0.158. The van der Waals surface area contributed by atoms with Gasteiger partial charge < -0.3 is 15.0 Å². The Morgan fingerprint density at radius 2 is 1.88 bits per heavy atom. The van der Waals surface area contributed by atoms with E-state index in [4.69, 9.17) is 16.3 Å². The van der Waals surface area contributed by atoms with Crippen molar-refractivity contribution in [3.8, 4) is 0 Å². The molecule has 1 amide bonds. The van der Waals surface area contributed by atoms with Crippen molar-refractivity contribution in [2.75, 3.05) is 0 Å². The fourth-order valence-corrected chi connectivity index (χ4v) is 3.30. The van der Waals surface area contributed by atoms with Gasteiger partial charge in [-0.15, -0.1) is 0 Å². The monoisotopic (exact) mass is 434 g/mol. The predicted octanol–water partition coefficient (Wildman–Crippen LogP) is 4.45.